The first kappa shape index (κ1) is 32.2. The molecule has 1 fully saturated rings. The summed E-state index contributed by atoms with van der Waals surface area (Å²) in [7, 11) is 1.34. The highest BCUT2D eigenvalue weighted by Crippen LogP contribution is 2.38. The van der Waals surface area contributed by atoms with Gasteiger partial charge in [-0.1, -0.05) is 54.1 Å². The van der Waals surface area contributed by atoms with Gasteiger partial charge in [0.2, 0.25) is 0 Å². The number of benzene rings is 4. The topological polar surface area (TPSA) is 91.0 Å². The maximum atomic E-state index is 12.5. The van der Waals surface area contributed by atoms with Crippen molar-refractivity contribution in [2.45, 2.75) is 45.2 Å². The van der Waals surface area contributed by atoms with Crippen molar-refractivity contribution in [3.05, 3.63) is 111 Å². The Labute approximate surface area is 279 Å². The third-order valence-corrected chi connectivity index (χ3v) is 8.75. The molecule has 2 aliphatic heterocycles. The van der Waals surface area contributed by atoms with Gasteiger partial charge < -0.3 is 28.8 Å². The highest BCUT2D eigenvalue weighted by molar-refractivity contribution is 6.32. The van der Waals surface area contributed by atoms with E-state index in [2.05, 4.69) is 17.8 Å². The summed E-state index contributed by atoms with van der Waals surface area (Å²) in [4.78, 5) is 17.9. The molecule has 0 aromatic heterocycles. The van der Waals surface area contributed by atoms with Crippen LogP contribution in [0.1, 0.15) is 28.7 Å². The molecule has 1 saturated heterocycles. The minimum Gasteiger partial charge on any atom is -0.488 e. The fourth-order valence-electron chi connectivity index (χ4n) is 5.99. The average Bonchev–Trinajstić information content (AvgIpc) is 3.46. The lowest BCUT2D eigenvalue weighted by Gasteiger charge is -2.24. The number of esters is 1. The normalized spacial score (nSPS) is 17.2. The fraction of sp³-hybridized carbons (Fsp3) is 0.297. The number of halogens is 1. The summed E-state index contributed by atoms with van der Waals surface area (Å²) in [5, 5.41) is 10.7. The Balaban J connectivity index is 1.26. The maximum absolute atomic E-state index is 12.5. The summed E-state index contributed by atoms with van der Waals surface area (Å²) < 4.78 is 29.1. The summed E-state index contributed by atoms with van der Waals surface area (Å²) in [6, 6.07) is 22.2. The quantitative estimate of drug-likeness (QED) is 0.146. The van der Waals surface area contributed by atoms with Gasteiger partial charge in [0.15, 0.2) is 17.2 Å². The van der Waals surface area contributed by atoms with Crippen LogP contribution in [0.2, 0.25) is 5.02 Å². The lowest BCUT2D eigenvalue weighted by atomic mass is 9.96. The third-order valence-electron chi connectivity index (χ3n) is 8.46. The molecule has 2 aliphatic rings. The molecule has 9 nitrogen and oxygen atoms in total. The molecule has 0 bridgehead atoms. The molecule has 0 saturated carbocycles. The Kier molecular flexibility index (Phi) is 9.83. The molecule has 0 spiro atoms. The largest absolute Gasteiger partial charge is 0.488 e. The van der Waals surface area contributed by atoms with Crippen LogP contribution in [0.5, 0.6) is 23.0 Å². The monoisotopic (exact) mass is 654 g/mol. The van der Waals surface area contributed by atoms with E-state index in [9.17, 15) is 9.90 Å². The number of fused-ring (bicyclic) bond motifs is 1. The second-order valence-corrected chi connectivity index (χ2v) is 12.0. The molecule has 1 N–H and O–H groups in total. The van der Waals surface area contributed by atoms with E-state index in [1.807, 2.05) is 47.4 Å². The predicted molar refractivity (Wildman–Crippen MR) is 177 cm³/mol. The second kappa shape index (κ2) is 14.3. The van der Waals surface area contributed by atoms with Gasteiger partial charge in [-0.25, -0.2) is 4.85 Å². The van der Waals surface area contributed by atoms with Crippen LogP contribution in [0, 0.1) is 13.5 Å². The predicted octanol–water partition coefficient (Wildman–Crippen LogP) is 6.90. The first-order valence-corrected chi connectivity index (χ1v) is 15.7. The van der Waals surface area contributed by atoms with Gasteiger partial charge in [0.05, 0.1) is 24.8 Å². The van der Waals surface area contributed by atoms with Crippen molar-refractivity contribution >= 4 is 23.3 Å². The molecule has 0 radical (unpaired) electrons. The van der Waals surface area contributed by atoms with Crippen LogP contribution in [0.4, 0.5) is 5.69 Å². The highest BCUT2D eigenvalue weighted by atomic mass is 35.5. The van der Waals surface area contributed by atoms with E-state index in [-0.39, 0.29) is 19.6 Å². The number of hydrogen-bond acceptors (Lipinski definition) is 8. The Morgan fingerprint density at radius 2 is 1.77 bits per heavy atom. The summed E-state index contributed by atoms with van der Waals surface area (Å²) in [6.07, 6.45) is -0.370. The lowest BCUT2D eigenvalue weighted by molar-refractivity contribution is -0.146. The molecule has 4 aromatic rings. The number of aliphatic hydroxyl groups excluding tert-OH is 1. The zero-order valence-corrected chi connectivity index (χ0v) is 27.0. The van der Waals surface area contributed by atoms with Crippen LogP contribution in [0.25, 0.3) is 16.0 Å². The van der Waals surface area contributed by atoms with Crippen molar-refractivity contribution in [2.24, 2.45) is 0 Å². The number of hydrogen-bond donors (Lipinski definition) is 1. The van der Waals surface area contributed by atoms with Crippen molar-refractivity contribution in [3.8, 4) is 34.1 Å². The molecule has 2 atom stereocenters. The smallest absolute Gasteiger partial charge is 0.323 e. The number of rotatable bonds is 10. The van der Waals surface area contributed by atoms with Crippen molar-refractivity contribution in [1.29, 1.82) is 0 Å². The van der Waals surface area contributed by atoms with E-state index in [4.69, 9.17) is 41.9 Å². The van der Waals surface area contributed by atoms with E-state index in [1.165, 1.54) is 7.11 Å². The number of aliphatic hydroxyl groups is 1. The molecule has 4 aromatic carbocycles. The van der Waals surface area contributed by atoms with Crippen LogP contribution in [-0.2, 0) is 29.3 Å². The molecule has 2 heterocycles. The Hall–Kier alpha value is -4.75. The highest BCUT2D eigenvalue weighted by Gasteiger charge is 2.37. The molecule has 0 aliphatic carbocycles. The van der Waals surface area contributed by atoms with Crippen LogP contribution < -0.4 is 18.9 Å². The number of ether oxygens (including phenoxy) is 5. The summed E-state index contributed by atoms with van der Waals surface area (Å²) in [5.74, 6) is 2.03. The number of carbonyl (C=O) groups excluding carboxylic acids is 1. The van der Waals surface area contributed by atoms with Crippen molar-refractivity contribution in [2.75, 3.05) is 26.9 Å². The van der Waals surface area contributed by atoms with Gasteiger partial charge in [0, 0.05) is 31.1 Å². The molecule has 47 heavy (non-hydrogen) atoms. The summed E-state index contributed by atoms with van der Waals surface area (Å²) >= 11 is 6.80. The Bertz CT molecular complexity index is 1820. The fourth-order valence-corrected chi connectivity index (χ4v) is 6.24. The van der Waals surface area contributed by atoms with E-state index in [0.717, 1.165) is 44.9 Å². The van der Waals surface area contributed by atoms with Crippen molar-refractivity contribution in [3.63, 3.8) is 0 Å². The number of methoxy groups -OCH3 is 1. The Morgan fingerprint density at radius 1 is 0.979 bits per heavy atom. The molecule has 242 valence electrons. The van der Waals surface area contributed by atoms with Crippen LogP contribution >= 0.6 is 11.6 Å². The lowest BCUT2D eigenvalue weighted by Crippen LogP contribution is -2.36. The first-order valence-electron chi connectivity index (χ1n) is 15.4. The second-order valence-electron chi connectivity index (χ2n) is 11.6. The minimum atomic E-state index is -0.654. The van der Waals surface area contributed by atoms with Crippen LogP contribution in [-0.4, -0.2) is 55.0 Å². The summed E-state index contributed by atoms with van der Waals surface area (Å²) in [6.45, 7) is 11.5. The first-order chi connectivity index (χ1) is 22.8. The van der Waals surface area contributed by atoms with Gasteiger partial charge >= 0.3 is 5.97 Å². The van der Waals surface area contributed by atoms with Crippen LogP contribution in [0.3, 0.4) is 0 Å². The molecule has 0 unspecified atom stereocenters. The molecular formula is C37H35ClN2O7. The van der Waals surface area contributed by atoms with Gasteiger partial charge in [-0.15, -0.1) is 0 Å². The van der Waals surface area contributed by atoms with Gasteiger partial charge in [0.1, 0.15) is 44.0 Å². The molecule has 0 amide bonds. The van der Waals surface area contributed by atoms with Gasteiger partial charge in [-0.05, 0) is 59.0 Å². The molecular weight excluding hydrogens is 620 g/mol. The van der Waals surface area contributed by atoms with E-state index in [1.54, 1.807) is 24.3 Å². The molecule has 10 heteroatoms. The van der Waals surface area contributed by atoms with Crippen LogP contribution in [0.15, 0.2) is 72.8 Å². The number of β-amino-alcohol motifs (C(OH)–C–C–N with tert-alkyl or cyclic N) is 1. The third kappa shape index (κ3) is 7.31. The maximum Gasteiger partial charge on any atom is 0.323 e. The van der Waals surface area contributed by atoms with E-state index >= 15 is 0 Å². The molecule has 6 rings (SSSR count). The zero-order chi connectivity index (χ0) is 32.9. The summed E-state index contributed by atoms with van der Waals surface area (Å²) in [5.41, 5.74) is 6.21. The van der Waals surface area contributed by atoms with Gasteiger partial charge in [0.25, 0.3) is 0 Å². The van der Waals surface area contributed by atoms with Crippen molar-refractivity contribution < 1.29 is 33.6 Å². The Morgan fingerprint density at radius 3 is 2.57 bits per heavy atom. The average molecular weight is 655 g/mol. The number of carbonyl (C=O) groups is 1. The van der Waals surface area contributed by atoms with Crippen molar-refractivity contribution in [1.82, 2.24) is 4.90 Å². The number of nitrogens with zero attached hydrogens (tertiary/aromatic N) is 2. The SMILES string of the molecule is [C-]#[N+]c1cccc(COc2cc(OCc3cccc(-c4ccc5c(c4)OCCO5)c3C)c(Cl)cc2CN2C[C@H](O)C[C@@H]2C(=O)OC)c1. The zero-order valence-electron chi connectivity index (χ0n) is 26.2. The minimum absolute atomic E-state index is 0.206. The van der Waals surface area contributed by atoms with E-state index in [0.29, 0.717) is 48.5 Å². The van der Waals surface area contributed by atoms with Gasteiger partial charge in [-0.3, -0.25) is 9.69 Å². The van der Waals surface area contributed by atoms with Gasteiger partial charge in [-0.2, -0.15) is 0 Å². The van der Waals surface area contributed by atoms with E-state index < -0.39 is 18.1 Å². The number of likely N-dealkylation sites (tertiary alicyclic amines) is 1. The standard InChI is InChI=1S/C37H35ClN2O7/c1-23-26(7-5-9-30(23)25-10-11-33-36(16-25)45-13-12-44-33)22-47-35-18-34(46-21-24-6-4-8-28(14-24)39-2)27(15-31(35)38)19-40-20-29(41)17-32(40)37(42)43-3/h4-11,14-16,18,29,32,41H,12-13,17,19-22H2,1,3H3/t29-,32-/m1/s1.